The Morgan fingerprint density at radius 2 is 2.00 bits per heavy atom. The minimum absolute atomic E-state index is 0.00590. The van der Waals surface area contributed by atoms with Gasteiger partial charge < -0.3 is 16.0 Å². The summed E-state index contributed by atoms with van der Waals surface area (Å²) in [5, 5.41) is 13.8. The number of carbonyl (C=O) groups excluding carboxylic acids is 1. The van der Waals surface area contributed by atoms with Gasteiger partial charge in [0.05, 0.1) is 0 Å². The van der Waals surface area contributed by atoms with Crippen LogP contribution in [0.25, 0.3) is 5.82 Å². The zero-order valence-corrected chi connectivity index (χ0v) is 15.9. The van der Waals surface area contributed by atoms with Crippen LogP contribution in [0.1, 0.15) is 46.1 Å². The van der Waals surface area contributed by atoms with E-state index in [2.05, 4.69) is 53.7 Å². The second kappa shape index (κ2) is 7.07. The third-order valence-corrected chi connectivity index (χ3v) is 4.53. The van der Waals surface area contributed by atoms with Crippen molar-refractivity contribution in [1.29, 1.82) is 0 Å². The standard InChI is InChI=1S/C19H28N6O/c1-18(2)10-15(11-19(3,4)24-18)23-17(26)21-13-14-6-7-16(20-12-14)25-9-5-8-22-25/h5-9,12,15,24H,10-11,13H2,1-4H3,(H2,21,23,26). The first-order chi connectivity index (χ1) is 12.2. The molecule has 3 rings (SSSR count). The number of aromatic nitrogens is 3. The van der Waals surface area contributed by atoms with Gasteiger partial charge in [0, 0.05) is 42.3 Å². The molecular weight excluding hydrogens is 328 g/mol. The molecule has 26 heavy (non-hydrogen) atoms. The summed E-state index contributed by atoms with van der Waals surface area (Å²) in [6.07, 6.45) is 7.13. The number of piperidine rings is 1. The van der Waals surface area contributed by atoms with Crippen molar-refractivity contribution < 1.29 is 4.79 Å². The minimum Gasteiger partial charge on any atom is -0.335 e. The fourth-order valence-electron chi connectivity index (χ4n) is 3.90. The normalized spacial score (nSPS) is 19.1. The molecule has 3 heterocycles. The fraction of sp³-hybridized carbons (Fsp3) is 0.526. The van der Waals surface area contributed by atoms with Gasteiger partial charge >= 0.3 is 6.03 Å². The van der Waals surface area contributed by atoms with Gasteiger partial charge in [-0.3, -0.25) is 0 Å². The molecular formula is C19H28N6O. The largest absolute Gasteiger partial charge is 0.335 e. The molecule has 1 saturated heterocycles. The molecule has 0 atom stereocenters. The van der Waals surface area contributed by atoms with E-state index in [-0.39, 0.29) is 23.2 Å². The van der Waals surface area contributed by atoms with Crippen LogP contribution in [0.3, 0.4) is 0 Å². The van der Waals surface area contributed by atoms with Crippen molar-refractivity contribution in [1.82, 2.24) is 30.7 Å². The first kappa shape index (κ1) is 18.4. The number of hydrogen-bond donors (Lipinski definition) is 3. The van der Waals surface area contributed by atoms with Gasteiger partial charge in [-0.1, -0.05) is 6.07 Å². The Morgan fingerprint density at radius 3 is 2.58 bits per heavy atom. The summed E-state index contributed by atoms with van der Waals surface area (Å²) in [5.41, 5.74) is 0.958. The molecule has 7 nitrogen and oxygen atoms in total. The molecule has 1 aliphatic rings. The number of pyridine rings is 1. The Balaban J connectivity index is 1.51. The molecule has 2 aromatic rings. The number of carbonyl (C=O) groups is 1. The number of amides is 2. The van der Waals surface area contributed by atoms with Crippen LogP contribution < -0.4 is 16.0 Å². The molecule has 0 spiro atoms. The molecule has 2 aromatic heterocycles. The summed E-state index contributed by atoms with van der Waals surface area (Å²) in [4.78, 5) is 16.7. The summed E-state index contributed by atoms with van der Waals surface area (Å²) in [7, 11) is 0. The molecule has 0 aromatic carbocycles. The molecule has 7 heteroatoms. The monoisotopic (exact) mass is 356 g/mol. The van der Waals surface area contributed by atoms with Gasteiger partial charge in [-0.15, -0.1) is 0 Å². The van der Waals surface area contributed by atoms with E-state index in [1.807, 2.05) is 24.4 Å². The fourth-order valence-corrected chi connectivity index (χ4v) is 3.90. The Kier molecular flexibility index (Phi) is 5.00. The summed E-state index contributed by atoms with van der Waals surface area (Å²) < 4.78 is 1.70. The lowest BCUT2D eigenvalue weighted by Crippen LogP contribution is -2.62. The smallest absolute Gasteiger partial charge is 0.315 e. The number of urea groups is 1. The van der Waals surface area contributed by atoms with E-state index in [9.17, 15) is 4.79 Å². The Hall–Kier alpha value is -2.41. The maximum atomic E-state index is 12.3. The highest BCUT2D eigenvalue weighted by Gasteiger charge is 2.38. The van der Waals surface area contributed by atoms with Crippen LogP contribution in [0, 0.1) is 0 Å². The van der Waals surface area contributed by atoms with E-state index in [0.717, 1.165) is 24.2 Å². The van der Waals surface area contributed by atoms with Crippen LogP contribution in [0.5, 0.6) is 0 Å². The van der Waals surface area contributed by atoms with Crippen LogP contribution in [0.2, 0.25) is 0 Å². The van der Waals surface area contributed by atoms with Crippen LogP contribution in [-0.2, 0) is 6.54 Å². The first-order valence-corrected chi connectivity index (χ1v) is 9.01. The Bertz CT molecular complexity index is 720. The first-order valence-electron chi connectivity index (χ1n) is 9.01. The highest BCUT2D eigenvalue weighted by Crippen LogP contribution is 2.28. The molecule has 0 saturated carbocycles. The van der Waals surface area contributed by atoms with Crippen molar-refractivity contribution in [3.8, 4) is 5.82 Å². The third kappa shape index (κ3) is 4.82. The zero-order chi connectivity index (χ0) is 18.8. The van der Waals surface area contributed by atoms with E-state index < -0.39 is 0 Å². The molecule has 0 bridgehead atoms. The molecule has 2 amide bonds. The lowest BCUT2D eigenvalue weighted by Gasteiger charge is -2.46. The minimum atomic E-state index is -0.139. The lowest BCUT2D eigenvalue weighted by atomic mass is 9.80. The van der Waals surface area contributed by atoms with Crippen molar-refractivity contribution in [2.24, 2.45) is 0 Å². The number of nitrogens with one attached hydrogen (secondary N) is 3. The quantitative estimate of drug-likeness (QED) is 0.785. The zero-order valence-electron chi connectivity index (χ0n) is 15.9. The van der Waals surface area contributed by atoms with Crippen LogP contribution in [-0.4, -0.2) is 37.9 Å². The summed E-state index contributed by atoms with van der Waals surface area (Å²) in [6.45, 7) is 9.14. The van der Waals surface area contributed by atoms with E-state index in [1.165, 1.54) is 0 Å². The van der Waals surface area contributed by atoms with Gasteiger partial charge in [0.15, 0.2) is 5.82 Å². The third-order valence-electron chi connectivity index (χ3n) is 4.53. The SMILES string of the molecule is CC1(C)CC(NC(=O)NCc2ccc(-n3cccn3)nc2)CC(C)(C)N1. The summed E-state index contributed by atoms with van der Waals surface area (Å²) in [5.74, 6) is 0.752. The van der Waals surface area contributed by atoms with E-state index >= 15 is 0 Å². The molecule has 0 radical (unpaired) electrons. The average molecular weight is 356 g/mol. The van der Waals surface area contributed by atoms with E-state index in [0.29, 0.717) is 6.54 Å². The van der Waals surface area contributed by atoms with Gasteiger partial charge in [0.1, 0.15) is 0 Å². The van der Waals surface area contributed by atoms with Crippen molar-refractivity contribution in [2.45, 2.75) is 64.2 Å². The highest BCUT2D eigenvalue weighted by atomic mass is 16.2. The molecule has 1 fully saturated rings. The van der Waals surface area contributed by atoms with Gasteiger partial charge in [-0.25, -0.2) is 14.5 Å². The summed E-state index contributed by atoms with van der Waals surface area (Å²) in [6, 6.07) is 5.70. The van der Waals surface area contributed by atoms with Gasteiger partial charge in [-0.2, -0.15) is 5.10 Å². The number of hydrogen-bond acceptors (Lipinski definition) is 4. The average Bonchev–Trinajstić information content (AvgIpc) is 3.04. The predicted molar refractivity (Wildman–Crippen MR) is 101 cm³/mol. The predicted octanol–water partition coefficient (Wildman–Crippen LogP) is 2.38. The molecule has 0 unspecified atom stereocenters. The van der Waals surface area contributed by atoms with Crippen molar-refractivity contribution in [3.05, 3.63) is 42.4 Å². The van der Waals surface area contributed by atoms with Crippen LogP contribution in [0.15, 0.2) is 36.8 Å². The van der Waals surface area contributed by atoms with Gasteiger partial charge in [0.25, 0.3) is 0 Å². The molecule has 140 valence electrons. The van der Waals surface area contributed by atoms with Crippen LogP contribution in [0.4, 0.5) is 4.79 Å². The van der Waals surface area contributed by atoms with E-state index in [4.69, 9.17) is 0 Å². The number of nitrogens with zero attached hydrogens (tertiary/aromatic N) is 3. The van der Waals surface area contributed by atoms with Gasteiger partial charge in [-0.05, 0) is 58.2 Å². The van der Waals surface area contributed by atoms with Crippen molar-refractivity contribution in [3.63, 3.8) is 0 Å². The van der Waals surface area contributed by atoms with Gasteiger partial charge in [0.2, 0.25) is 0 Å². The maximum absolute atomic E-state index is 12.3. The Labute approximate surface area is 154 Å². The second-order valence-electron chi connectivity index (χ2n) is 8.30. The van der Waals surface area contributed by atoms with E-state index in [1.54, 1.807) is 17.1 Å². The highest BCUT2D eigenvalue weighted by molar-refractivity contribution is 5.74. The lowest BCUT2D eigenvalue weighted by molar-refractivity contribution is 0.147. The molecule has 1 aliphatic heterocycles. The molecule has 0 aliphatic carbocycles. The molecule has 3 N–H and O–H groups in total. The topological polar surface area (TPSA) is 83.9 Å². The second-order valence-corrected chi connectivity index (χ2v) is 8.30. The van der Waals surface area contributed by atoms with Crippen LogP contribution >= 0.6 is 0 Å². The van der Waals surface area contributed by atoms with Crippen molar-refractivity contribution in [2.75, 3.05) is 0 Å². The Morgan fingerprint density at radius 1 is 1.27 bits per heavy atom. The maximum Gasteiger partial charge on any atom is 0.315 e. The van der Waals surface area contributed by atoms with Crippen molar-refractivity contribution >= 4 is 6.03 Å². The number of rotatable bonds is 4. The summed E-state index contributed by atoms with van der Waals surface area (Å²) >= 11 is 0.